The van der Waals surface area contributed by atoms with Gasteiger partial charge in [-0.3, -0.25) is 23.3 Å². The third-order valence-electron chi connectivity index (χ3n) is 7.04. The van der Waals surface area contributed by atoms with Gasteiger partial charge in [0.2, 0.25) is 5.95 Å². The Labute approximate surface area is 217 Å². The lowest BCUT2D eigenvalue weighted by atomic mass is 10.1. The topological polar surface area (TPSA) is 143 Å². The summed E-state index contributed by atoms with van der Waals surface area (Å²) in [5.41, 5.74) is 7.26. The number of ketones is 1. The molecular formula is C26H31N7O5. The first-order valence-electron chi connectivity index (χ1n) is 12.5. The summed E-state index contributed by atoms with van der Waals surface area (Å²) in [5.74, 6) is -0.534. The first-order chi connectivity index (χ1) is 18.1. The molecule has 0 amide bonds. The van der Waals surface area contributed by atoms with Gasteiger partial charge in [-0.15, -0.1) is 0 Å². The summed E-state index contributed by atoms with van der Waals surface area (Å²) in [6.07, 6.45) is 3.79. The van der Waals surface area contributed by atoms with E-state index in [1.807, 2.05) is 24.8 Å². The van der Waals surface area contributed by atoms with Crippen molar-refractivity contribution in [3.05, 3.63) is 66.8 Å². The molecule has 12 nitrogen and oxygen atoms in total. The molecule has 12 heteroatoms. The minimum Gasteiger partial charge on any atom is -0.408 e. The minimum absolute atomic E-state index is 0.0137. The number of Topliss-reactive ketones (excluding diaryl/α,β-unsaturated/α-hetero) is 1. The molecule has 1 unspecified atom stereocenters. The van der Waals surface area contributed by atoms with E-state index in [2.05, 4.69) is 0 Å². The second-order valence-electron chi connectivity index (χ2n) is 10.1. The maximum Gasteiger partial charge on any atom is 0.419 e. The van der Waals surface area contributed by atoms with Gasteiger partial charge in [-0.1, -0.05) is 17.7 Å². The number of carbonyl (C=O) groups is 1. The molecule has 38 heavy (non-hydrogen) atoms. The number of para-hydroxylation sites is 1. The molecule has 1 fully saturated rings. The van der Waals surface area contributed by atoms with E-state index in [0.717, 1.165) is 29.5 Å². The van der Waals surface area contributed by atoms with E-state index < -0.39 is 29.3 Å². The van der Waals surface area contributed by atoms with Gasteiger partial charge < -0.3 is 19.6 Å². The number of nitrogens with two attached hydrogens (primary N) is 1. The summed E-state index contributed by atoms with van der Waals surface area (Å²) >= 11 is 0. The summed E-state index contributed by atoms with van der Waals surface area (Å²) in [6, 6.07) is 4.71. The Balaban J connectivity index is 1.67. The van der Waals surface area contributed by atoms with Gasteiger partial charge in [0.15, 0.2) is 22.5 Å². The SMILES string of the molecule is CC(C)=CCn1c(N2CCCC(N)C2)nc2c1c(=O)n(CC(=O)c1cccc3oc(=O)n(C)c13)c(=O)n2C. The van der Waals surface area contributed by atoms with E-state index in [0.29, 0.717) is 24.6 Å². The van der Waals surface area contributed by atoms with Crippen molar-refractivity contribution in [2.45, 2.75) is 45.8 Å². The van der Waals surface area contributed by atoms with Crippen LogP contribution in [0.15, 0.2) is 48.6 Å². The molecule has 0 aliphatic carbocycles. The molecule has 3 aromatic heterocycles. The Kier molecular flexibility index (Phi) is 6.43. The van der Waals surface area contributed by atoms with Crippen molar-refractivity contribution in [2.24, 2.45) is 19.8 Å². The van der Waals surface area contributed by atoms with Crippen LogP contribution in [0.5, 0.6) is 0 Å². The van der Waals surface area contributed by atoms with Crippen molar-refractivity contribution >= 4 is 34.0 Å². The van der Waals surface area contributed by atoms with Gasteiger partial charge in [0, 0.05) is 45.3 Å². The largest absolute Gasteiger partial charge is 0.419 e. The number of allylic oxidation sites excluding steroid dienone is 2. The fourth-order valence-corrected chi connectivity index (χ4v) is 5.04. The zero-order chi connectivity index (χ0) is 27.3. The monoisotopic (exact) mass is 521 g/mol. The smallest absolute Gasteiger partial charge is 0.408 e. The zero-order valence-corrected chi connectivity index (χ0v) is 21.9. The molecule has 1 atom stereocenters. The Morgan fingerprint density at radius 1 is 1.13 bits per heavy atom. The molecule has 1 aliphatic rings. The second kappa shape index (κ2) is 9.60. The highest BCUT2D eigenvalue weighted by Gasteiger charge is 2.27. The molecule has 4 heterocycles. The van der Waals surface area contributed by atoms with E-state index in [1.165, 1.54) is 23.2 Å². The first kappa shape index (κ1) is 25.5. The highest BCUT2D eigenvalue weighted by Crippen LogP contribution is 2.23. The Hall–Kier alpha value is -4.19. The maximum absolute atomic E-state index is 13.8. The summed E-state index contributed by atoms with van der Waals surface area (Å²) in [4.78, 5) is 59.4. The van der Waals surface area contributed by atoms with Gasteiger partial charge in [0.25, 0.3) is 5.56 Å². The number of rotatable bonds is 6. The number of oxazole rings is 1. The quantitative estimate of drug-likeness (QED) is 0.294. The minimum atomic E-state index is -0.655. The number of benzene rings is 1. The highest BCUT2D eigenvalue weighted by atomic mass is 16.4. The van der Waals surface area contributed by atoms with Crippen LogP contribution in [0.4, 0.5) is 5.95 Å². The van der Waals surface area contributed by atoms with Gasteiger partial charge in [0.05, 0.1) is 6.54 Å². The van der Waals surface area contributed by atoms with Crippen LogP contribution in [0, 0.1) is 0 Å². The predicted molar refractivity (Wildman–Crippen MR) is 144 cm³/mol. The lowest BCUT2D eigenvalue weighted by Gasteiger charge is -2.31. The van der Waals surface area contributed by atoms with E-state index >= 15 is 0 Å². The molecule has 1 aliphatic heterocycles. The summed E-state index contributed by atoms with van der Waals surface area (Å²) in [5, 5.41) is 0. The molecule has 0 spiro atoms. The van der Waals surface area contributed by atoms with Crippen LogP contribution in [-0.4, -0.2) is 48.2 Å². The third kappa shape index (κ3) is 4.20. The van der Waals surface area contributed by atoms with Crippen LogP contribution in [0.1, 0.15) is 37.0 Å². The van der Waals surface area contributed by atoms with Crippen LogP contribution < -0.4 is 27.6 Å². The normalized spacial score (nSPS) is 15.9. The van der Waals surface area contributed by atoms with E-state index in [-0.39, 0.29) is 28.4 Å². The van der Waals surface area contributed by atoms with Gasteiger partial charge in [-0.05, 0) is 38.8 Å². The number of imidazole rings is 1. The van der Waals surface area contributed by atoms with Crippen LogP contribution in [0.25, 0.3) is 22.3 Å². The molecule has 1 saturated heterocycles. The van der Waals surface area contributed by atoms with Crippen molar-refractivity contribution in [1.82, 2.24) is 23.3 Å². The molecule has 5 rings (SSSR count). The predicted octanol–water partition coefficient (Wildman–Crippen LogP) is 1.12. The van der Waals surface area contributed by atoms with Crippen molar-refractivity contribution in [3.63, 3.8) is 0 Å². The lowest BCUT2D eigenvalue weighted by Crippen LogP contribution is -2.44. The number of piperidine rings is 1. The average Bonchev–Trinajstić information content (AvgIpc) is 3.41. The standard InChI is InChI=1S/C26H31N7O5/c1-15(2)10-12-32-21-22(28-24(32)31-11-6-7-16(27)13-31)30(4)25(36)33(23(21)35)14-18(34)17-8-5-9-19-20(17)29(3)26(37)38-19/h5,8-10,16H,6-7,11-14,27H2,1-4H3. The first-order valence-corrected chi connectivity index (χ1v) is 12.5. The summed E-state index contributed by atoms with van der Waals surface area (Å²) in [7, 11) is 3.04. The van der Waals surface area contributed by atoms with Crippen LogP contribution in [0.3, 0.4) is 0 Å². The number of aryl methyl sites for hydroxylation is 2. The van der Waals surface area contributed by atoms with E-state index in [1.54, 1.807) is 22.8 Å². The van der Waals surface area contributed by atoms with Crippen LogP contribution in [-0.2, 0) is 27.2 Å². The molecule has 2 N–H and O–H groups in total. The van der Waals surface area contributed by atoms with Crippen molar-refractivity contribution in [3.8, 4) is 0 Å². The van der Waals surface area contributed by atoms with Gasteiger partial charge in [0.1, 0.15) is 5.52 Å². The molecule has 4 aromatic rings. The van der Waals surface area contributed by atoms with Gasteiger partial charge in [-0.2, -0.15) is 4.98 Å². The molecule has 0 bridgehead atoms. The molecule has 0 radical (unpaired) electrons. The molecule has 200 valence electrons. The van der Waals surface area contributed by atoms with E-state index in [4.69, 9.17) is 15.1 Å². The molecular weight excluding hydrogens is 490 g/mol. The Morgan fingerprint density at radius 3 is 2.61 bits per heavy atom. The maximum atomic E-state index is 13.8. The van der Waals surface area contributed by atoms with Gasteiger partial charge in [-0.25, -0.2) is 9.59 Å². The molecule has 1 aromatic carbocycles. The highest BCUT2D eigenvalue weighted by molar-refractivity contribution is 6.05. The van der Waals surface area contributed by atoms with Crippen molar-refractivity contribution < 1.29 is 9.21 Å². The van der Waals surface area contributed by atoms with Crippen molar-refractivity contribution in [1.29, 1.82) is 0 Å². The molecule has 0 saturated carbocycles. The Bertz CT molecular complexity index is 1780. The summed E-state index contributed by atoms with van der Waals surface area (Å²) < 4.78 is 10.4. The lowest BCUT2D eigenvalue weighted by molar-refractivity contribution is 0.0970. The number of hydrogen-bond acceptors (Lipinski definition) is 8. The number of nitrogens with zero attached hydrogens (tertiary/aromatic N) is 6. The van der Waals surface area contributed by atoms with Crippen LogP contribution >= 0.6 is 0 Å². The fourth-order valence-electron chi connectivity index (χ4n) is 5.04. The number of hydrogen-bond donors (Lipinski definition) is 1. The summed E-state index contributed by atoms with van der Waals surface area (Å²) in [6.45, 7) is 5.12. The average molecular weight is 522 g/mol. The second-order valence-corrected chi connectivity index (χ2v) is 10.1. The number of anilines is 1. The zero-order valence-electron chi connectivity index (χ0n) is 21.9. The number of aromatic nitrogens is 5. The number of fused-ring (bicyclic) bond motifs is 2. The Morgan fingerprint density at radius 2 is 1.89 bits per heavy atom. The fraction of sp³-hybridized carbons (Fsp3) is 0.423. The number of carbonyl (C=O) groups excluding carboxylic acids is 1. The van der Waals surface area contributed by atoms with E-state index in [9.17, 15) is 19.2 Å². The van der Waals surface area contributed by atoms with Crippen LogP contribution in [0.2, 0.25) is 0 Å². The van der Waals surface area contributed by atoms with Crippen molar-refractivity contribution in [2.75, 3.05) is 18.0 Å². The third-order valence-corrected chi connectivity index (χ3v) is 7.04. The van der Waals surface area contributed by atoms with Gasteiger partial charge >= 0.3 is 11.4 Å².